The molecule has 0 aliphatic heterocycles. The van der Waals surface area contributed by atoms with Crippen LogP contribution in [0.1, 0.15) is 17.8 Å². The van der Waals surface area contributed by atoms with Gasteiger partial charge in [0, 0.05) is 23.4 Å². The molecule has 4 aromatic rings. The van der Waals surface area contributed by atoms with Gasteiger partial charge in [-0.1, -0.05) is 18.2 Å². The molecule has 0 amide bonds. The first-order valence-corrected chi connectivity index (χ1v) is 8.80. The molecule has 7 nitrogen and oxygen atoms in total. The molecule has 0 saturated heterocycles. The van der Waals surface area contributed by atoms with Crippen molar-refractivity contribution in [1.82, 2.24) is 25.2 Å². The topological polar surface area (TPSA) is 85.7 Å². The minimum Gasteiger partial charge on any atom is -0.494 e. The van der Waals surface area contributed by atoms with Crippen LogP contribution in [0.3, 0.4) is 0 Å². The fraction of sp³-hybridized carbons (Fsp3) is 0.200. The Hall–Kier alpha value is -3.48. The molecule has 7 heteroatoms. The van der Waals surface area contributed by atoms with Crippen LogP contribution in [0.15, 0.2) is 59.4 Å². The van der Waals surface area contributed by atoms with Gasteiger partial charge in [0.05, 0.1) is 12.3 Å². The second-order valence-electron chi connectivity index (χ2n) is 6.32. The normalized spacial score (nSPS) is 11.0. The number of nitrogens with zero attached hydrogens (tertiary/aromatic N) is 4. The third-order valence-electron chi connectivity index (χ3n) is 4.39. The number of benzene rings is 2. The summed E-state index contributed by atoms with van der Waals surface area (Å²) in [5.74, 6) is 1.58. The number of pyridine rings is 1. The first kappa shape index (κ1) is 17.0. The van der Waals surface area contributed by atoms with Crippen LogP contribution >= 0.6 is 0 Å². The van der Waals surface area contributed by atoms with Gasteiger partial charge in [-0.05, 0) is 59.7 Å². The Kier molecular flexibility index (Phi) is 4.65. The lowest BCUT2D eigenvalue weighted by atomic mass is 10.2. The summed E-state index contributed by atoms with van der Waals surface area (Å²) in [7, 11) is 0. The maximum absolute atomic E-state index is 11.3. The molecule has 0 aliphatic carbocycles. The third-order valence-corrected chi connectivity index (χ3v) is 4.39. The molecule has 0 unspecified atom stereocenters. The lowest BCUT2D eigenvalue weighted by Crippen LogP contribution is -2.07. The zero-order valence-electron chi connectivity index (χ0n) is 14.9. The fourth-order valence-electron chi connectivity index (χ4n) is 2.99. The van der Waals surface area contributed by atoms with Crippen molar-refractivity contribution in [2.24, 2.45) is 0 Å². The van der Waals surface area contributed by atoms with Gasteiger partial charge in [0.1, 0.15) is 5.75 Å². The largest absolute Gasteiger partial charge is 0.494 e. The van der Waals surface area contributed by atoms with E-state index in [1.165, 1.54) is 6.07 Å². The van der Waals surface area contributed by atoms with Crippen LogP contribution in [-0.2, 0) is 6.42 Å². The second kappa shape index (κ2) is 7.41. The van der Waals surface area contributed by atoms with Gasteiger partial charge in [0.2, 0.25) is 5.56 Å². The van der Waals surface area contributed by atoms with Gasteiger partial charge in [-0.15, -0.1) is 5.10 Å². The van der Waals surface area contributed by atoms with Crippen molar-refractivity contribution in [1.29, 1.82) is 0 Å². The summed E-state index contributed by atoms with van der Waals surface area (Å²) in [5, 5.41) is 13.0. The second-order valence-corrected chi connectivity index (χ2v) is 6.32. The van der Waals surface area contributed by atoms with Gasteiger partial charge in [-0.3, -0.25) is 4.79 Å². The monoisotopic (exact) mass is 361 g/mol. The first-order valence-electron chi connectivity index (χ1n) is 8.80. The summed E-state index contributed by atoms with van der Waals surface area (Å²) in [6.45, 7) is 2.59. The van der Waals surface area contributed by atoms with E-state index in [4.69, 9.17) is 4.74 Å². The molecule has 0 bridgehead atoms. The van der Waals surface area contributed by atoms with Gasteiger partial charge in [-0.2, -0.15) is 4.68 Å². The van der Waals surface area contributed by atoms with Gasteiger partial charge in [-0.25, -0.2) is 0 Å². The van der Waals surface area contributed by atoms with Crippen molar-refractivity contribution in [3.05, 3.63) is 76.3 Å². The predicted molar refractivity (Wildman–Crippen MR) is 102 cm³/mol. The van der Waals surface area contributed by atoms with E-state index in [2.05, 4.69) is 20.5 Å². The van der Waals surface area contributed by atoms with Gasteiger partial charge in [0.15, 0.2) is 5.82 Å². The smallest absolute Gasteiger partial charge is 0.248 e. The van der Waals surface area contributed by atoms with E-state index in [9.17, 15) is 4.79 Å². The number of tetrazole rings is 1. The average molecular weight is 361 g/mol. The van der Waals surface area contributed by atoms with Crippen LogP contribution in [0.25, 0.3) is 16.6 Å². The maximum atomic E-state index is 11.3. The lowest BCUT2D eigenvalue weighted by Gasteiger charge is -2.09. The van der Waals surface area contributed by atoms with Crippen LogP contribution in [0.4, 0.5) is 0 Å². The zero-order valence-corrected chi connectivity index (χ0v) is 14.9. The van der Waals surface area contributed by atoms with Gasteiger partial charge < -0.3 is 9.72 Å². The van der Waals surface area contributed by atoms with Crippen molar-refractivity contribution in [2.75, 3.05) is 6.61 Å². The molecule has 0 fully saturated rings. The highest BCUT2D eigenvalue weighted by molar-refractivity contribution is 5.79. The van der Waals surface area contributed by atoms with Crippen molar-refractivity contribution < 1.29 is 4.74 Å². The van der Waals surface area contributed by atoms with Crippen LogP contribution in [0.5, 0.6) is 5.75 Å². The summed E-state index contributed by atoms with van der Waals surface area (Å²) in [6, 6.07) is 16.9. The van der Waals surface area contributed by atoms with E-state index < -0.39 is 0 Å². The molecule has 2 heterocycles. The molecule has 136 valence electrons. The average Bonchev–Trinajstić information content (AvgIpc) is 3.14. The van der Waals surface area contributed by atoms with Crippen molar-refractivity contribution >= 4 is 10.9 Å². The molecule has 1 N–H and O–H groups in total. The summed E-state index contributed by atoms with van der Waals surface area (Å²) >= 11 is 0. The molecule has 0 saturated carbocycles. The van der Waals surface area contributed by atoms with Crippen LogP contribution in [0, 0.1) is 6.92 Å². The number of ether oxygens (including phenoxy) is 1. The predicted octanol–water partition coefficient (Wildman–Crippen LogP) is 2.82. The van der Waals surface area contributed by atoms with Crippen LogP contribution in [-0.4, -0.2) is 31.8 Å². The number of fused-ring (bicyclic) bond motifs is 1. The van der Waals surface area contributed by atoms with E-state index in [1.54, 1.807) is 10.7 Å². The Morgan fingerprint density at radius 1 is 1.11 bits per heavy atom. The molecule has 0 radical (unpaired) electrons. The summed E-state index contributed by atoms with van der Waals surface area (Å²) in [5.41, 5.74) is 2.80. The molecule has 27 heavy (non-hydrogen) atoms. The molecule has 0 atom stereocenters. The lowest BCUT2D eigenvalue weighted by molar-refractivity contribution is 0.310. The van der Waals surface area contributed by atoms with Crippen LogP contribution in [0.2, 0.25) is 0 Å². The fourth-order valence-corrected chi connectivity index (χ4v) is 2.99. The number of hydrogen-bond donors (Lipinski definition) is 1. The number of aromatic amines is 1. The van der Waals surface area contributed by atoms with Gasteiger partial charge in [0.25, 0.3) is 0 Å². The molecule has 4 rings (SSSR count). The molecule has 0 aliphatic rings. The van der Waals surface area contributed by atoms with Crippen molar-refractivity contribution in [2.45, 2.75) is 19.8 Å². The minimum absolute atomic E-state index is 0.109. The number of aromatic nitrogens is 5. The highest BCUT2D eigenvalue weighted by Crippen LogP contribution is 2.19. The highest BCUT2D eigenvalue weighted by atomic mass is 16.5. The molecular weight excluding hydrogens is 342 g/mol. The van der Waals surface area contributed by atoms with E-state index in [0.717, 1.165) is 40.1 Å². The maximum Gasteiger partial charge on any atom is 0.248 e. The zero-order chi connectivity index (χ0) is 18.6. The SMILES string of the molecule is Cc1ccccc1-n1nnnc1CCCOc1ccc2[nH]c(=O)ccc2c1. The van der Waals surface area contributed by atoms with E-state index in [-0.39, 0.29) is 5.56 Å². The van der Waals surface area contributed by atoms with Crippen LogP contribution < -0.4 is 10.3 Å². The quantitative estimate of drug-likeness (QED) is 0.534. The summed E-state index contributed by atoms with van der Waals surface area (Å²) in [6.07, 6.45) is 1.50. The number of nitrogens with one attached hydrogen (secondary N) is 1. The number of H-pyrrole nitrogens is 1. The van der Waals surface area contributed by atoms with Crippen molar-refractivity contribution in [3.8, 4) is 11.4 Å². The number of aryl methyl sites for hydroxylation is 2. The summed E-state index contributed by atoms with van der Waals surface area (Å²) in [4.78, 5) is 14.1. The van der Waals surface area contributed by atoms with Crippen molar-refractivity contribution in [3.63, 3.8) is 0 Å². The third kappa shape index (κ3) is 3.72. The molecule has 2 aromatic heterocycles. The Morgan fingerprint density at radius 3 is 2.89 bits per heavy atom. The Labute approximate surface area is 155 Å². The number of hydrogen-bond acceptors (Lipinski definition) is 5. The van der Waals surface area contributed by atoms with E-state index in [1.807, 2.05) is 49.4 Å². The standard InChI is InChI=1S/C20H19N5O2/c1-14-5-2-3-6-18(14)25-19(22-23-24-25)7-4-12-27-16-9-10-17-15(13-16)8-11-20(26)21-17/h2-3,5-6,8-11,13H,4,7,12H2,1H3,(H,21,26). The van der Waals surface area contributed by atoms with E-state index in [0.29, 0.717) is 13.0 Å². The van der Waals surface area contributed by atoms with Gasteiger partial charge >= 0.3 is 0 Å². The summed E-state index contributed by atoms with van der Waals surface area (Å²) < 4.78 is 7.62. The Bertz CT molecular complexity index is 1130. The number of rotatable bonds is 6. The molecular formula is C20H19N5O2. The number of para-hydroxylation sites is 1. The highest BCUT2D eigenvalue weighted by Gasteiger charge is 2.10. The molecule has 2 aromatic carbocycles. The van der Waals surface area contributed by atoms with E-state index >= 15 is 0 Å². The molecule has 0 spiro atoms. The first-order chi connectivity index (χ1) is 13.2. The minimum atomic E-state index is -0.109. The Morgan fingerprint density at radius 2 is 2.00 bits per heavy atom. The Balaban J connectivity index is 1.39.